The number of benzene rings is 4. The highest BCUT2D eigenvalue weighted by Gasteiger charge is 2.31. The highest BCUT2D eigenvalue weighted by molar-refractivity contribution is 5.97. The predicted molar refractivity (Wildman–Crippen MR) is 165 cm³/mol. The van der Waals surface area contributed by atoms with E-state index in [4.69, 9.17) is 9.47 Å². The number of amides is 2. The molecule has 0 spiro atoms. The summed E-state index contributed by atoms with van der Waals surface area (Å²) in [4.78, 5) is 53.2. The number of para-hydroxylation sites is 1. The van der Waals surface area contributed by atoms with E-state index in [1.807, 2.05) is 78.9 Å². The minimum atomic E-state index is -1.38. The van der Waals surface area contributed by atoms with Crippen molar-refractivity contribution >= 4 is 34.9 Å². The molecule has 0 aliphatic carbocycles. The summed E-state index contributed by atoms with van der Waals surface area (Å²) in [5.74, 6) is -2.11. The minimum absolute atomic E-state index is 0.0000877. The van der Waals surface area contributed by atoms with Crippen molar-refractivity contribution in [3.63, 3.8) is 0 Å². The maximum atomic E-state index is 13.8. The zero-order chi connectivity index (χ0) is 31.4. The van der Waals surface area contributed by atoms with E-state index in [0.717, 1.165) is 21.4 Å². The first-order valence-electron chi connectivity index (χ1n) is 14.3. The van der Waals surface area contributed by atoms with E-state index in [2.05, 4.69) is 20.9 Å². The van der Waals surface area contributed by atoms with Crippen LogP contribution in [0, 0.1) is 0 Å². The average Bonchev–Trinajstić information content (AvgIpc) is 3.51. The topological polar surface area (TPSA) is 142 Å². The molecule has 5 aromatic rings. The van der Waals surface area contributed by atoms with Gasteiger partial charge in [-0.15, -0.1) is 5.10 Å². The van der Waals surface area contributed by atoms with Gasteiger partial charge in [-0.05, 0) is 28.8 Å². The van der Waals surface area contributed by atoms with E-state index in [1.54, 1.807) is 36.4 Å². The molecule has 2 N–H and O–H groups in total. The van der Waals surface area contributed by atoms with Crippen LogP contribution in [0.5, 0.6) is 0 Å². The zero-order valence-corrected chi connectivity index (χ0v) is 24.2. The molecule has 0 radical (unpaired) electrons. The number of nitrogens with zero attached hydrogens (tertiary/aromatic N) is 3. The molecule has 0 saturated heterocycles. The number of esters is 1. The van der Waals surface area contributed by atoms with Gasteiger partial charge in [-0.3, -0.25) is 14.4 Å². The number of carbonyl (C=O) groups is 4. The number of carbonyl (C=O) groups excluding carboxylic acids is 4. The van der Waals surface area contributed by atoms with Crippen molar-refractivity contribution in [3.05, 3.63) is 132 Å². The number of hydrogen-bond donors (Lipinski definition) is 2. The van der Waals surface area contributed by atoms with Crippen molar-refractivity contribution < 1.29 is 28.7 Å². The second kappa shape index (κ2) is 15.1. The van der Waals surface area contributed by atoms with Gasteiger partial charge in [0.15, 0.2) is 0 Å². The van der Waals surface area contributed by atoms with Crippen LogP contribution in [-0.4, -0.2) is 51.0 Å². The molecule has 11 nitrogen and oxygen atoms in total. The molecule has 0 fully saturated rings. The number of alkyl carbamates (subject to hydrolysis) is 1. The summed E-state index contributed by atoms with van der Waals surface area (Å²) in [7, 11) is 0. The van der Waals surface area contributed by atoms with Crippen molar-refractivity contribution in [2.45, 2.75) is 38.1 Å². The standard InChI is InChI=1S/C34H31N5O6/c40-31(44-22-25-14-6-2-7-15-25)21-29(33(42)39-30-19-11-10-18-27(30)37-38-39)35-32(41)28(20-24-12-4-1-5-13-24)36-34(43)45-23-26-16-8-3-9-17-26/h1-19,28-29H,20-23H2,(H,35,41)(H,36,43)/t28-,29-/m0/s1. The average molecular weight is 606 g/mol. The van der Waals surface area contributed by atoms with Crippen LogP contribution in [0.2, 0.25) is 0 Å². The SMILES string of the molecule is O=C(C[C@H](NC(=O)[C@H](Cc1ccccc1)NC(=O)OCc1ccccc1)C(=O)n1nnc2ccccc21)OCc1ccccc1. The van der Waals surface area contributed by atoms with Crippen molar-refractivity contribution in [1.82, 2.24) is 25.6 Å². The Morgan fingerprint density at radius 1 is 0.644 bits per heavy atom. The molecule has 45 heavy (non-hydrogen) atoms. The van der Waals surface area contributed by atoms with Crippen LogP contribution in [-0.2, 0) is 38.7 Å². The van der Waals surface area contributed by atoms with Gasteiger partial charge >= 0.3 is 12.1 Å². The smallest absolute Gasteiger partial charge is 0.408 e. The third kappa shape index (κ3) is 8.60. The van der Waals surface area contributed by atoms with E-state index in [0.29, 0.717) is 11.0 Å². The lowest BCUT2D eigenvalue weighted by atomic mass is 10.0. The molecule has 2 amide bonds. The summed E-state index contributed by atoms with van der Waals surface area (Å²) in [5, 5.41) is 13.2. The van der Waals surface area contributed by atoms with Crippen LogP contribution in [0.4, 0.5) is 4.79 Å². The van der Waals surface area contributed by atoms with Crippen molar-refractivity contribution in [3.8, 4) is 0 Å². The number of nitrogens with one attached hydrogen (secondary N) is 2. The molecule has 0 aliphatic rings. The summed E-state index contributed by atoms with van der Waals surface area (Å²) in [6, 6.07) is 31.5. The lowest BCUT2D eigenvalue weighted by Crippen LogP contribution is -2.54. The van der Waals surface area contributed by atoms with E-state index < -0.39 is 42.4 Å². The number of hydrogen-bond acceptors (Lipinski definition) is 8. The summed E-state index contributed by atoms with van der Waals surface area (Å²) in [6.07, 6.45) is -1.21. The summed E-state index contributed by atoms with van der Waals surface area (Å²) in [5.41, 5.74) is 3.17. The molecule has 0 aliphatic heterocycles. The van der Waals surface area contributed by atoms with Gasteiger partial charge in [0.2, 0.25) is 5.91 Å². The maximum Gasteiger partial charge on any atom is 0.408 e. The van der Waals surface area contributed by atoms with Crippen LogP contribution in [0.25, 0.3) is 11.0 Å². The molecule has 0 unspecified atom stereocenters. The van der Waals surface area contributed by atoms with Crippen LogP contribution in [0.1, 0.15) is 27.9 Å². The number of ether oxygens (including phenoxy) is 2. The normalized spacial score (nSPS) is 12.1. The van der Waals surface area contributed by atoms with Crippen molar-refractivity contribution in [2.24, 2.45) is 0 Å². The fourth-order valence-corrected chi connectivity index (χ4v) is 4.58. The van der Waals surface area contributed by atoms with Crippen LogP contribution < -0.4 is 10.6 Å². The Balaban J connectivity index is 1.34. The Bertz CT molecular complexity index is 1740. The van der Waals surface area contributed by atoms with Gasteiger partial charge in [0.05, 0.1) is 11.9 Å². The minimum Gasteiger partial charge on any atom is -0.461 e. The molecule has 11 heteroatoms. The first-order valence-corrected chi connectivity index (χ1v) is 14.3. The van der Waals surface area contributed by atoms with E-state index in [9.17, 15) is 19.2 Å². The molecular formula is C34H31N5O6. The van der Waals surface area contributed by atoms with Crippen LogP contribution >= 0.6 is 0 Å². The molecule has 4 aromatic carbocycles. The summed E-state index contributed by atoms with van der Waals surface area (Å²) < 4.78 is 11.8. The number of aromatic nitrogens is 3. The van der Waals surface area contributed by atoms with Crippen LogP contribution in [0.3, 0.4) is 0 Å². The van der Waals surface area contributed by atoms with Gasteiger partial charge in [-0.2, -0.15) is 4.68 Å². The van der Waals surface area contributed by atoms with Gasteiger partial charge in [0, 0.05) is 6.42 Å². The predicted octanol–water partition coefficient (Wildman–Crippen LogP) is 4.23. The molecule has 2 atom stereocenters. The lowest BCUT2D eigenvalue weighted by molar-refractivity contribution is -0.145. The Morgan fingerprint density at radius 3 is 1.84 bits per heavy atom. The zero-order valence-electron chi connectivity index (χ0n) is 24.2. The van der Waals surface area contributed by atoms with Gasteiger partial charge in [0.25, 0.3) is 5.91 Å². The third-order valence-corrected chi connectivity index (χ3v) is 6.89. The molecule has 1 aromatic heterocycles. The van der Waals surface area contributed by atoms with Gasteiger partial charge in [-0.25, -0.2) is 4.79 Å². The second-order valence-corrected chi connectivity index (χ2v) is 10.2. The monoisotopic (exact) mass is 605 g/mol. The highest BCUT2D eigenvalue weighted by Crippen LogP contribution is 2.13. The van der Waals surface area contributed by atoms with E-state index >= 15 is 0 Å². The van der Waals surface area contributed by atoms with Crippen molar-refractivity contribution in [1.29, 1.82) is 0 Å². The Labute approximate surface area is 259 Å². The third-order valence-electron chi connectivity index (χ3n) is 6.89. The van der Waals surface area contributed by atoms with Gasteiger partial charge in [-0.1, -0.05) is 108 Å². The van der Waals surface area contributed by atoms with Gasteiger partial charge < -0.3 is 20.1 Å². The molecular weight excluding hydrogens is 574 g/mol. The Kier molecular flexibility index (Phi) is 10.2. The fraction of sp³-hybridized carbons (Fsp3) is 0.176. The molecule has 1 heterocycles. The number of rotatable bonds is 12. The Hall–Kier alpha value is -5.84. The molecule has 0 saturated carbocycles. The number of fused-ring (bicyclic) bond motifs is 1. The van der Waals surface area contributed by atoms with Crippen LogP contribution in [0.15, 0.2) is 115 Å². The fourth-order valence-electron chi connectivity index (χ4n) is 4.58. The summed E-state index contributed by atoms with van der Waals surface area (Å²) >= 11 is 0. The molecule has 0 bridgehead atoms. The van der Waals surface area contributed by atoms with Gasteiger partial charge in [0.1, 0.15) is 30.8 Å². The maximum absolute atomic E-state index is 13.8. The second-order valence-electron chi connectivity index (χ2n) is 10.2. The van der Waals surface area contributed by atoms with E-state index in [-0.39, 0.29) is 19.6 Å². The van der Waals surface area contributed by atoms with Crippen molar-refractivity contribution in [2.75, 3.05) is 0 Å². The van der Waals surface area contributed by atoms with E-state index in [1.165, 1.54) is 0 Å². The largest absolute Gasteiger partial charge is 0.461 e. The molecule has 5 rings (SSSR count). The summed E-state index contributed by atoms with van der Waals surface area (Å²) in [6.45, 7) is -0.00762. The first kappa shape index (κ1) is 30.6. The first-order chi connectivity index (χ1) is 22.0. The molecule has 228 valence electrons. The Morgan fingerprint density at radius 2 is 1.20 bits per heavy atom. The lowest BCUT2D eigenvalue weighted by Gasteiger charge is -2.22. The highest BCUT2D eigenvalue weighted by atomic mass is 16.5. The quantitative estimate of drug-likeness (QED) is 0.201.